The Morgan fingerprint density at radius 1 is 1.12 bits per heavy atom. The molecule has 6 nitrogen and oxygen atoms in total. The number of hydrogen-bond acceptors (Lipinski definition) is 5. The number of nitrogens with two attached hydrogens (primary N) is 1. The lowest BCUT2D eigenvalue weighted by atomic mass is 10.0. The van der Waals surface area contributed by atoms with Crippen LogP contribution in [0.1, 0.15) is 59.3 Å². The topological polar surface area (TPSA) is 71.7 Å². The molecule has 1 aromatic heterocycles. The number of anilines is 1. The van der Waals surface area contributed by atoms with Crippen molar-refractivity contribution in [2.45, 2.75) is 53.0 Å². The van der Waals surface area contributed by atoms with Crippen molar-refractivity contribution in [2.24, 2.45) is 5.73 Å². The van der Waals surface area contributed by atoms with E-state index in [1.54, 1.807) is 0 Å². The fraction of sp³-hybridized carbons (Fsp3) is 0.353. The average Bonchev–Trinajstić information content (AvgIpc) is 2.98. The third-order valence-electron chi connectivity index (χ3n) is 7.60. The molecular weight excluding hydrogens is 496 g/mol. The van der Waals surface area contributed by atoms with Gasteiger partial charge in [0.2, 0.25) is 0 Å². The van der Waals surface area contributed by atoms with E-state index in [2.05, 4.69) is 67.6 Å². The highest BCUT2D eigenvalue weighted by Crippen LogP contribution is 2.39. The first-order chi connectivity index (χ1) is 19.3. The maximum absolute atomic E-state index is 13.1. The van der Waals surface area contributed by atoms with Crippen molar-refractivity contribution in [2.75, 3.05) is 31.1 Å². The van der Waals surface area contributed by atoms with Crippen LogP contribution in [0.4, 0.5) is 5.69 Å². The minimum atomic E-state index is 0.0289. The van der Waals surface area contributed by atoms with Crippen molar-refractivity contribution < 1.29 is 9.53 Å². The molecule has 0 radical (unpaired) electrons. The zero-order valence-electron chi connectivity index (χ0n) is 24.3. The molecule has 1 unspecified atom stereocenters. The Labute approximate surface area is 239 Å². The number of nitrogens with zero attached hydrogens (tertiary/aromatic N) is 3. The lowest BCUT2D eigenvalue weighted by Crippen LogP contribution is -2.45. The van der Waals surface area contributed by atoms with Crippen molar-refractivity contribution in [1.29, 1.82) is 0 Å². The number of amides is 1. The number of benzene rings is 2. The van der Waals surface area contributed by atoms with Gasteiger partial charge in [0.1, 0.15) is 12.4 Å². The number of allylic oxidation sites excluding steroid dienone is 1. The molecule has 3 aromatic rings. The highest BCUT2D eigenvalue weighted by molar-refractivity contribution is 5.96. The van der Waals surface area contributed by atoms with Crippen molar-refractivity contribution in [3.05, 3.63) is 107 Å². The number of aromatic nitrogens is 1. The van der Waals surface area contributed by atoms with Crippen molar-refractivity contribution in [3.63, 3.8) is 0 Å². The van der Waals surface area contributed by atoms with Gasteiger partial charge in [0.05, 0.1) is 12.2 Å². The second-order valence-corrected chi connectivity index (χ2v) is 10.6. The zero-order valence-corrected chi connectivity index (χ0v) is 24.3. The van der Waals surface area contributed by atoms with E-state index in [1.807, 2.05) is 48.5 Å². The van der Waals surface area contributed by atoms with Crippen LogP contribution in [-0.4, -0.2) is 48.1 Å². The van der Waals surface area contributed by atoms with Crippen LogP contribution in [0.3, 0.4) is 0 Å². The van der Waals surface area contributed by atoms with Gasteiger partial charge < -0.3 is 20.3 Å². The summed E-state index contributed by atoms with van der Waals surface area (Å²) in [5, 5.41) is 0. The molecule has 1 saturated heterocycles. The lowest BCUT2D eigenvalue weighted by Gasteiger charge is -2.35. The second kappa shape index (κ2) is 13.4. The molecule has 1 fully saturated rings. The highest BCUT2D eigenvalue weighted by Gasteiger charge is 2.27. The maximum atomic E-state index is 13.1. The summed E-state index contributed by atoms with van der Waals surface area (Å²) in [6, 6.07) is 16.3. The van der Waals surface area contributed by atoms with Gasteiger partial charge in [-0.3, -0.25) is 9.78 Å². The monoisotopic (exact) mass is 538 g/mol. The first-order valence-corrected chi connectivity index (χ1v) is 14.2. The van der Waals surface area contributed by atoms with E-state index < -0.39 is 0 Å². The van der Waals surface area contributed by atoms with Gasteiger partial charge in [-0.15, -0.1) is 0 Å². The zero-order chi connectivity index (χ0) is 28.6. The molecular formula is C34H42N4O2. The number of pyridine rings is 1. The van der Waals surface area contributed by atoms with Crippen LogP contribution < -0.4 is 15.4 Å². The molecule has 1 amide bonds. The van der Waals surface area contributed by atoms with E-state index >= 15 is 0 Å². The lowest BCUT2D eigenvalue weighted by molar-refractivity contribution is 0.0708. The summed E-state index contributed by atoms with van der Waals surface area (Å²) in [5.74, 6) is 0.770. The third kappa shape index (κ3) is 6.99. The fourth-order valence-corrected chi connectivity index (χ4v) is 5.23. The Kier molecular flexibility index (Phi) is 9.78. The number of carbonyl (C=O) groups is 1. The molecule has 3 heterocycles. The highest BCUT2D eigenvalue weighted by atomic mass is 16.5. The first-order valence-electron chi connectivity index (χ1n) is 14.2. The molecule has 6 heteroatoms. The van der Waals surface area contributed by atoms with Gasteiger partial charge in [0.15, 0.2) is 0 Å². The number of piperidine rings is 1. The molecule has 2 aliphatic heterocycles. The maximum Gasteiger partial charge on any atom is 0.254 e. The van der Waals surface area contributed by atoms with E-state index in [0.717, 1.165) is 60.6 Å². The van der Waals surface area contributed by atoms with Gasteiger partial charge >= 0.3 is 0 Å². The number of ether oxygens (including phenoxy) is 1. The van der Waals surface area contributed by atoms with Gasteiger partial charge in [-0.05, 0) is 98.2 Å². The van der Waals surface area contributed by atoms with Crippen molar-refractivity contribution in [1.82, 2.24) is 9.88 Å². The summed E-state index contributed by atoms with van der Waals surface area (Å²) in [4.78, 5) is 21.1. The van der Waals surface area contributed by atoms with Gasteiger partial charge in [-0.25, -0.2) is 0 Å². The third-order valence-corrected chi connectivity index (χ3v) is 7.60. The number of likely N-dealkylation sites (tertiary alicyclic amines) is 1. The van der Waals surface area contributed by atoms with Crippen LogP contribution in [0.5, 0.6) is 5.75 Å². The quantitative estimate of drug-likeness (QED) is 0.385. The second-order valence-electron chi connectivity index (χ2n) is 10.6. The molecule has 210 valence electrons. The Morgan fingerprint density at radius 2 is 1.88 bits per heavy atom. The molecule has 0 bridgehead atoms. The Balaban J connectivity index is 0.000000398. The Hall–Kier alpha value is -3.90. The summed E-state index contributed by atoms with van der Waals surface area (Å²) in [7, 11) is 0. The van der Waals surface area contributed by atoms with Gasteiger partial charge in [0, 0.05) is 42.8 Å². The molecule has 1 atom stereocenters. The summed E-state index contributed by atoms with van der Waals surface area (Å²) < 4.78 is 6.00. The van der Waals surface area contributed by atoms with Crippen LogP contribution in [-0.2, 0) is 6.42 Å². The molecule has 2 N–H and O–H groups in total. The molecule has 2 aromatic carbocycles. The van der Waals surface area contributed by atoms with Crippen LogP contribution in [0.2, 0.25) is 0 Å². The average molecular weight is 539 g/mol. The number of aryl methyl sites for hydroxylation is 3. The smallest absolute Gasteiger partial charge is 0.254 e. The van der Waals surface area contributed by atoms with E-state index in [-0.39, 0.29) is 11.9 Å². The molecule has 0 aliphatic carbocycles. The minimum absolute atomic E-state index is 0.0289. The predicted octanol–water partition coefficient (Wildman–Crippen LogP) is 6.33. The van der Waals surface area contributed by atoms with E-state index in [0.29, 0.717) is 18.7 Å². The van der Waals surface area contributed by atoms with Crippen LogP contribution in [0.25, 0.3) is 6.08 Å². The van der Waals surface area contributed by atoms with Gasteiger partial charge in [-0.2, -0.15) is 0 Å². The predicted molar refractivity (Wildman–Crippen MR) is 165 cm³/mol. The Morgan fingerprint density at radius 3 is 2.55 bits per heavy atom. The van der Waals surface area contributed by atoms with Crippen LogP contribution in [0.15, 0.2) is 78.8 Å². The standard InChI is InChI=1S/C27H33N3O2.C7H9N/c1-18-8-5-6-9-22(18)14-19(2)21(4)30-12-13-32-25-16-23(15-20(3)26(25)30)27(31)29-11-7-10-24(28)17-29;1-2-7-3-5-8-6-4-7/h5-6,8-9,14-16,24H,4,7,10-13,17,28H2,1-3H3;3-6H,2H2,1H3/b19-14+;. The molecule has 40 heavy (non-hydrogen) atoms. The van der Waals surface area contributed by atoms with E-state index in [4.69, 9.17) is 10.5 Å². The number of hydrogen-bond donors (Lipinski definition) is 1. The SMILES string of the molecule is C=C(/C(C)=C/c1ccccc1C)N1CCOc2cc(C(=O)N3CCCC(N)C3)cc(C)c21.CCc1ccncc1. The summed E-state index contributed by atoms with van der Waals surface area (Å²) in [6.45, 7) is 15.4. The minimum Gasteiger partial charge on any atom is -0.490 e. The van der Waals surface area contributed by atoms with E-state index in [9.17, 15) is 4.79 Å². The Bertz CT molecular complexity index is 1370. The van der Waals surface area contributed by atoms with Crippen molar-refractivity contribution >= 4 is 17.7 Å². The van der Waals surface area contributed by atoms with Crippen LogP contribution in [0, 0.1) is 13.8 Å². The first kappa shape index (κ1) is 29.1. The van der Waals surface area contributed by atoms with Gasteiger partial charge in [-0.1, -0.05) is 37.8 Å². The molecule has 0 spiro atoms. The normalized spacial score (nSPS) is 16.8. The summed E-state index contributed by atoms with van der Waals surface area (Å²) in [6.07, 6.45) is 8.84. The summed E-state index contributed by atoms with van der Waals surface area (Å²) in [5.41, 5.74) is 14.6. The molecule has 2 aliphatic rings. The molecule has 0 saturated carbocycles. The number of fused-ring (bicyclic) bond motifs is 1. The van der Waals surface area contributed by atoms with E-state index in [1.165, 1.54) is 16.7 Å². The van der Waals surface area contributed by atoms with Crippen molar-refractivity contribution in [3.8, 4) is 5.75 Å². The van der Waals surface area contributed by atoms with Crippen LogP contribution >= 0.6 is 0 Å². The largest absolute Gasteiger partial charge is 0.490 e. The number of carbonyl (C=O) groups excluding carboxylic acids is 1. The number of rotatable bonds is 5. The fourth-order valence-electron chi connectivity index (χ4n) is 5.23. The molecule has 5 rings (SSSR count). The summed E-state index contributed by atoms with van der Waals surface area (Å²) >= 11 is 0. The van der Waals surface area contributed by atoms with Gasteiger partial charge in [0.25, 0.3) is 5.91 Å².